The maximum absolute atomic E-state index is 5.24. The summed E-state index contributed by atoms with van der Waals surface area (Å²) in [6.45, 7) is 0. The van der Waals surface area contributed by atoms with E-state index in [4.69, 9.17) is 19.9 Å². The second-order valence-corrected chi connectivity index (χ2v) is 28.7. The molecule has 0 radical (unpaired) electrons. The van der Waals surface area contributed by atoms with Gasteiger partial charge < -0.3 is 9.55 Å². The molecule has 9 heteroatoms. The number of aromatic nitrogens is 6. The summed E-state index contributed by atoms with van der Waals surface area (Å²) in [6.07, 6.45) is 0. The van der Waals surface area contributed by atoms with Crippen molar-refractivity contribution in [2.45, 2.75) is 0 Å². The maximum atomic E-state index is 5.24. The van der Waals surface area contributed by atoms with Crippen LogP contribution in [0.25, 0.3) is 200 Å². The highest BCUT2D eigenvalue weighted by Crippen LogP contribution is 2.51. The van der Waals surface area contributed by atoms with Crippen molar-refractivity contribution in [1.29, 1.82) is 0 Å². The van der Waals surface area contributed by atoms with E-state index >= 15 is 0 Å². The van der Waals surface area contributed by atoms with Gasteiger partial charge in [0.2, 0.25) is 0 Å². The highest BCUT2D eigenvalue weighted by Gasteiger charge is 2.25. The van der Waals surface area contributed by atoms with E-state index in [9.17, 15) is 0 Å². The summed E-state index contributed by atoms with van der Waals surface area (Å²) >= 11 is 7.30. The molecular weight excluding hydrogens is 1330 g/mol. The van der Waals surface area contributed by atoms with Crippen LogP contribution in [0.15, 0.2) is 332 Å². The Kier molecular flexibility index (Phi) is 14.0. The SMILES string of the molecule is Brc1cccc(-c2nc(-c3ccccc3)c3ccccc3n2)c1.c1ccc(-c2nc(-c3cccc(-n4c5c6ccccc6ccc5c5c6ccccc6c6c7ccccc7sc6c54)c3)nc3ccccc23)cc1.c1ccc2c(c1)ccc1c2[nH]c2c3sc4ccccc4c3c3ccccc3c12. The molecule has 472 valence electrons. The Labute approximate surface area is 595 Å². The highest BCUT2D eigenvalue weighted by molar-refractivity contribution is 9.10. The van der Waals surface area contributed by atoms with Crippen molar-refractivity contribution in [2.24, 2.45) is 0 Å². The third-order valence-electron chi connectivity index (χ3n) is 19.9. The summed E-state index contributed by atoms with van der Waals surface area (Å²) in [6, 6.07) is 116. The van der Waals surface area contributed by atoms with E-state index in [1.54, 1.807) is 0 Å². The van der Waals surface area contributed by atoms with Crippen LogP contribution in [0.5, 0.6) is 0 Å². The second-order valence-electron chi connectivity index (χ2n) is 25.6. The average molecular weight is 1390 g/mol. The quantitative estimate of drug-likeness (QED) is 0.186. The van der Waals surface area contributed by atoms with Gasteiger partial charge in [-0.15, -0.1) is 22.7 Å². The zero-order chi connectivity index (χ0) is 66.7. The third-order valence-corrected chi connectivity index (χ3v) is 22.7. The topological polar surface area (TPSA) is 72.3 Å². The Hall–Kier alpha value is -12.2. The van der Waals surface area contributed by atoms with Crippen LogP contribution >= 0.6 is 38.6 Å². The van der Waals surface area contributed by atoms with Gasteiger partial charge in [-0.25, -0.2) is 19.9 Å². The van der Waals surface area contributed by atoms with Crippen LogP contribution in [0.1, 0.15) is 0 Å². The van der Waals surface area contributed by atoms with Crippen LogP contribution in [0.3, 0.4) is 0 Å². The lowest BCUT2D eigenvalue weighted by molar-refractivity contribution is 1.18. The minimum absolute atomic E-state index is 0.715. The molecule has 0 aliphatic carbocycles. The summed E-state index contributed by atoms with van der Waals surface area (Å²) in [5, 5.41) is 22.9. The Morgan fingerprint density at radius 2 is 0.713 bits per heavy atom. The number of H-pyrrole nitrogens is 1. The first-order valence-electron chi connectivity index (χ1n) is 33.9. The first-order chi connectivity index (χ1) is 50.0. The molecule has 22 aromatic rings. The fourth-order valence-corrected chi connectivity index (χ4v) is 18.3. The van der Waals surface area contributed by atoms with Gasteiger partial charge in [0.1, 0.15) is 0 Å². The molecule has 0 amide bonds. The molecule has 1 N–H and O–H groups in total. The Bertz CT molecular complexity index is 7110. The van der Waals surface area contributed by atoms with Crippen LogP contribution in [0.2, 0.25) is 0 Å². The number of benzene rings is 16. The number of para-hydroxylation sites is 2. The largest absolute Gasteiger partial charge is 0.353 e. The van der Waals surface area contributed by atoms with E-state index in [1.165, 1.54) is 127 Å². The van der Waals surface area contributed by atoms with Gasteiger partial charge in [0, 0.05) is 106 Å². The van der Waals surface area contributed by atoms with Gasteiger partial charge in [-0.3, -0.25) is 0 Å². The van der Waals surface area contributed by atoms with E-state index in [1.807, 2.05) is 95.5 Å². The van der Waals surface area contributed by atoms with Crippen LogP contribution in [-0.2, 0) is 0 Å². The fourth-order valence-electron chi connectivity index (χ4n) is 15.4. The third kappa shape index (κ3) is 9.71. The predicted octanol–water partition coefficient (Wildman–Crippen LogP) is 26.5. The number of hydrogen-bond donors (Lipinski definition) is 1. The molecule has 0 aliphatic rings. The van der Waals surface area contributed by atoms with E-state index < -0.39 is 0 Å². The predicted molar refractivity (Wildman–Crippen MR) is 434 cm³/mol. The van der Waals surface area contributed by atoms with Gasteiger partial charge in [0.15, 0.2) is 11.6 Å². The van der Waals surface area contributed by atoms with Gasteiger partial charge >= 0.3 is 0 Å². The number of halogens is 1. The number of rotatable bonds is 5. The minimum atomic E-state index is 0.715. The van der Waals surface area contributed by atoms with Crippen molar-refractivity contribution in [2.75, 3.05) is 0 Å². The molecule has 0 saturated carbocycles. The number of hydrogen-bond acceptors (Lipinski definition) is 6. The molecule has 0 saturated heterocycles. The van der Waals surface area contributed by atoms with Crippen molar-refractivity contribution in [3.63, 3.8) is 0 Å². The molecule has 0 unspecified atom stereocenters. The van der Waals surface area contributed by atoms with E-state index in [0.29, 0.717) is 5.82 Å². The van der Waals surface area contributed by atoms with E-state index in [-0.39, 0.29) is 0 Å². The number of nitrogens with zero attached hydrogens (tertiary/aromatic N) is 5. The molecule has 6 heterocycles. The first-order valence-corrected chi connectivity index (χ1v) is 36.3. The number of fused-ring (bicyclic) bond motifs is 26. The van der Waals surface area contributed by atoms with Gasteiger partial charge in [-0.05, 0) is 80.8 Å². The summed E-state index contributed by atoms with van der Waals surface area (Å²) in [4.78, 5) is 23.8. The standard InChI is InChI=1S/C46H27N3S.C26H15NS.C20H13BrN2/c1-2-14-29(15-3-1)42-35-21-8-10-23-38(35)47-46(48-42)30-16-12-17-31(27-30)49-43-32-18-5-4-13-28(32)25-26-37(43)40-33-19-6-7-20-34(33)41-36-22-9-11-24-39(36)50-45(41)44(40)49;1-2-8-16-15(7-1)13-14-20-22-17-9-3-4-10-18(17)23-19-11-5-6-12-21(19)28-26(23)25(22)27-24(16)20;21-16-10-6-9-15(13-16)20-22-18-12-5-4-11-17(18)19(23-20)14-7-2-1-3-8-14/h1-27H;1-14,27H;1-13H. The summed E-state index contributed by atoms with van der Waals surface area (Å²) in [7, 11) is 0. The lowest BCUT2D eigenvalue weighted by atomic mass is 9.98. The van der Waals surface area contributed by atoms with Crippen LogP contribution in [0.4, 0.5) is 0 Å². The van der Waals surface area contributed by atoms with E-state index in [2.05, 4.69) is 280 Å². The molecule has 16 aromatic carbocycles. The first kappa shape index (κ1) is 58.9. The van der Waals surface area contributed by atoms with E-state index in [0.717, 1.165) is 71.4 Å². The van der Waals surface area contributed by atoms with Gasteiger partial charge in [0.05, 0.1) is 53.9 Å². The van der Waals surface area contributed by atoms with Crippen molar-refractivity contribution in [3.05, 3.63) is 332 Å². The summed E-state index contributed by atoms with van der Waals surface area (Å²) in [5.41, 5.74) is 14.0. The zero-order valence-electron chi connectivity index (χ0n) is 54.1. The monoisotopic (exact) mass is 1390 g/mol. The molecule has 0 bridgehead atoms. The molecular formula is C92H55BrN6S2. The normalized spacial score (nSPS) is 11.8. The molecule has 101 heavy (non-hydrogen) atoms. The van der Waals surface area contributed by atoms with Crippen LogP contribution in [-0.4, -0.2) is 29.5 Å². The number of aromatic amines is 1. The van der Waals surface area contributed by atoms with Gasteiger partial charge in [0.25, 0.3) is 0 Å². The summed E-state index contributed by atoms with van der Waals surface area (Å²) < 4.78 is 8.84. The zero-order valence-corrected chi connectivity index (χ0v) is 57.3. The smallest absolute Gasteiger partial charge is 0.160 e. The maximum Gasteiger partial charge on any atom is 0.160 e. The summed E-state index contributed by atoms with van der Waals surface area (Å²) in [5.74, 6) is 1.45. The fraction of sp³-hybridized carbons (Fsp3) is 0. The van der Waals surface area contributed by atoms with Gasteiger partial charge in [-0.2, -0.15) is 0 Å². The molecule has 0 atom stereocenters. The Balaban J connectivity index is 0.000000113. The minimum Gasteiger partial charge on any atom is -0.353 e. The van der Waals surface area contributed by atoms with Crippen molar-refractivity contribution in [1.82, 2.24) is 29.5 Å². The van der Waals surface area contributed by atoms with Crippen molar-refractivity contribution in [3.8, 4) is 51.0 Å². The average Bonchev–Trinajstić information content (AvgIpc) is 1.54. The van der Waals surface area contributed by atoms with Gasteiger partial charge in [-0.1, -0.05) is 295 Å². The molecule has 0 aliphatic heterocycles. The van der Waals surface area contributed by atoms with Crippen molar-refractivity contribution < 1.29 is 0 Å². The second kappa shape index (κ2) is 24.0. The highest BCUT2D eigenvalue weighted by atomic mass is 79.9. The Morgan fingerprint density at radius 3 is 1.31 bits per heavy atom. The van der Waals surface area contributed by atoms with Crippen LogP contribution in [0, 0.1) is 0 Å². The molecule has 0 spiro atoms. The number of nitrogens with one attached hydrogen (secondary N) is 1. The molecule has 22 rings (SSSR count). The Morgan fingerprint density at radius 1 is 0.277 bits per heavy atom. The molecule has 6 aromatic heterocycles. The van der Waals surface area contributed by atoms with Crippen molar-refractivity contribution >= 4 is 187 Å². The molecule has 0 fully saturated rings. The lowest BCUT2D eigenvalue weighted by Crippen LogP contribution is -1.98. The molecule has 6 nitrogen and oxygen atoms in total. The lowest BCUT2D eigenvalue weighted by Gasteiger charge is -2.13. The number of thiophene rings is 2. The van der Waals surface area contributed by atoms with Crippen LogP contribution < -0.4 is 0 Å².